The van der Waals surface area contributed by atoms with Crippen LogP contribution in [-0.4, -0.2) is 50.0 Å². The van der Waals surface area contributed by atoms with Crippen LogP contribution in [0.2, 0.25) is 0 Å². The molecule has 0 aromatic heterocycles. The summed E-state index contributed by atoms with van der Waals surface area (Å²) in [6, 6.07) is 8.94. The van der Waals surface area contributed by atoms with E-state index < -0.39 is 40.2 Å². The summed E-state index contributed by atoms with van der Waals surface area (Å²) >= 11 is 3.36. The fourth-order valence-electron chi connectivity index (χ4n) is 4.19. The number of amides is 2. The number of hydrogen-bond donors (Lipinski definition) is 1. The van der Waals surface area contributed by atoms with Gasteiger partial charge in [-0.25, -0.2) is 17.2 Å². The molecule has 0 heterocycles. The first kappa shape index (κ1) is 28.0. The topological polar surface area (TPSA) is 86.8 Å². The quantitative estimate of drug-likeness (QED) is 0.473. The van der Waals surface area contributed by atoms with Gasteiger partial charge in [-0.3, -0.25) is 13.9 Å². The number of rotatable bonds is 9. The second-order valence-electron chi connectivity index (χ2n) is 9.04. The van der Waals surface area contributed by atoms with Crippen molar-refractivity contribution in [3.8, 4) is 0 Å². The highest BCUT2D eigenvalue weighted by molar-refractivity contribution is 9.10. The summed E-state index contributed by atoms with van der Waals surface area (Å²) in [4.78, 5) is 27.9. The summed E-state index contributed by atoms with van der Waals surface area (Å²) < 4.78 is 53.8. The van der Waals surface area contributed by atoms with Gasteiger partial charge in [-0.05, 0) is 49.6 Å². The number of hydrogen-bond acceptors (Lipinski definition) is 4. The summed E-state index contributed by atoms with van der Waals surface area (Å²) in [5.41, 5.74) is 0.551. The number of carbonyl (C=O) groups excluding carboxylic acids is 2. The maximum Gasteiger partial charge on any atom is 0.244 e. The molecule has 7 nitrogen and oxygen atoms in total. The van der Waals surface area contributed by atoms with E-state index in [2.05, 4.69) is 21.2 Å². The molecule has 1 aliphatic carbocycles. The zero-order valence-electron chi connectivity index (χ0n) is 20.2. The number of halogens is 3. The average molecular weight is 586 g/mol. The van der Waals surface area contributed by atoms with E-state index in [1.165, 1.54) is 4.90 Å². The first-order valence-electron chi connectivity index (χ1n) is 11.7. The van der Waals surface area contributed by atoms with Gasteiger partial charge in [0.1, 0.15) is 12.6 Å². The van der Waals surface area contributed by atoms with Crippen LogP contribution in [0.3, 0.4) is 0 Å². The van der Waals surface area contributed by atoms with Crippen molar-refractivity contribution in [1.82, 2.24) is 10.2 Å². The standard InChI is InChI=1S/C25H30BrF2N3O4S/c1-17(25(33)29-20-6-4-3-5-7-20)30(15-18-8-10-19(26)11-9-18)24(32)16-31(36(2,34)35)21-12-13-22(27)23(28)14-21/h8-14,17,20H,3-7,15-16H2,1-2H3,(H,29,33)/t17-/m1/s1. The minimum atomic E-state index is -4.03. The average Bonchev–Trinajstić information content (AvgIpc) is 2.83. The van der Waals surface area contributed by atoms with Gasteiger partial charge in [-0.2, -0.15) is 0 Å². The number of carbonyl (C=O) groups is 2. The van der Waals surface area contributed by atoms with Gasteiger partial charge in [0.15, 0.2) is 11.6 Å². The van der Waals surface area contributed by atoms with Gasteiger partial charge in [0.05, 0.1) is 11.9 Å². The van der Waals surface area contributed by atoms with E-state index in [1.54, 1.807) is 31.2 Å². The molecule has 1 saturated carbocycles. The van der Waals surface area contributed by atoms with Gasteiger partial charge in [-0.1, -0.05) is 47.3 Å². The molecule has 1 atom stereocenters. The van der Waals surface area contributed by atoms with Gasteiger partial charge in [0.2, 0.25) is 21.8 Å². The van der Waals surface area contributed by atoms with Crippen molar-refractivity contribution in [3.05, 3.63) is 64.1 Å². The lowest BCUT2D eigenvalue weighted by Gasteiger charge is -2.33. The van der Waals surface area contributed by atoms with E-state index in [4.69, 9.17) is 0 Å². The second kappa shape index (κ2) is 12.1. The molecule has 2 amide bonds. The fraction of sp³-hybridized carbons (Fsp3) is 0.440. The minimum Gasteiger partial charge on any atom is -0.352 e. The molecule has 3 rings (SSSR count). The second-order valence-corrected chi connectivity index (χ2v) is 11.9. The van der Waals surface area contributed by atoms with Crippen LogP contribution in [-0.2, 0) is 26.2 Å². The number of nitrogens with zero attached hydrogens (tertiary/aromatic N) is 2. The van der Waals surface area contributed by atoms with Crippen molar-refractivity contribution in [1.29, 1.82) is 0 Å². The molecule has 36 heavy (non-hydrogen) atoms. The van der Waals surface area contributed by atoms with Gasteiger partial charge >= 0.3 is 0 Å². The van der Waals surface area contributed by atoms with E-state index in [0.29, 0.717) is 4.31 Å². The zero-order chi connectivity index (χ0) is 26.5. The van der Waals surface area contributed by atoms with Crippen LogP contribution >= 0.6 is 15.9 Å². The fourth-order valence-corrected chi connectivity index (χ4v) is 5.30. The van der Waals surface area contributed by atoms with Gasteiger partial charge in [0.25, 0.3) is 0 Å². The summed E-state index contributed by atoms with van der Waals surface area (Å²) in [7, 11) is -4.03. The number of sulfonamides is 1. The predicted molar refractivity (Wildman–Crippen MR) is 138 cm³/mol. The molecule has 0 radical (unpaired) electrons. The molecule has 0 unspecified atom stereocenters. The van der Waals surface area contributed by atoms with Gasteiger partial charge in [-0.15, -0.1) is 0 Å². The molecule has 1 aliphatic rings. The lowest BCUT2D eigenvalue weighted by Crippen LogP contribution is -2.53. The van der Waals surface area contributed by atoms with Crippen LogP contribution in [0.4, 0.5) is 14.5 Å². The Bertz CT molecular complexity index is 1190. The van der Waals surface area contributed by atoms with Crippen LogP contribution in [0, 0.1) is 11.6 Å². The molecule has 0 spiro atoms. The number of benzene rings is 2. The van der Waals surface area contributed by atoms with Crippen molar-refractivity contribution < 1.29 is 26.8 Å². The maximum atomic E-state index is 13.9. The SMILES string of the molecule is C[C@H](C(=O)NC1CCCCC1)N(Cc1ccc(Br)cc1)C(=O)CN(c1ccc(F)c(F)c1)S(C)(=O)=O. The van der Waals surface area contributed by atoms with Crippen LogP contribution < -0.4 is 9.62 Å². The molecule has 2 aromatic rings. The van der Waals surface area contributed by atoms with Crippen LogP contribution in [0.1, 0.15) is 44.6 Å². The van der Waals surface area contributed by atoms with E-state index in [0.717, 1.165) is 66.6 Å². The Morgan fingerprint density at radius 3 is 2.28 bits per heavy atom. The van der Waals surface area contributed by atoms with Crippen molar-refractivity contribution in [2.45, 2.75) is 57.7 Å². The van der Waals surface area contributed by atoms with Crippen molar-refractivity contribution in [3.63, 3.8) is 0 Å². The van der Waals surface area contributed by atoms with Crippen molar-refractivity contribution >= 4 is 43.5 Å². The maximum absolute atomic E-state index is 13.9. The predicted octanol–water partition coefficient (Wildman–Crippen LogP) is 4.36. The highest BCUT2D eigenvalue weighted by Gasteiger charge is 2.31. The summed E-state index contributed by atoms with van der Waals surface area (Å²) in [6.07, 6.45) is 5.80. The first-order valence-corrected chi connectivity index (χ1v) is 14.4. The van der Waals surface area contributed by atoms with E-state index in [-0.39, 0.29) is 24.2 Å². The molecule has 0 aliphatic heterocycles. The Morgan fingerprint density at radius 1 is 1.06 bits per heavy atom. The van der Waals surface area contributed by atoms with Crippen LogP contribution in [0.25, 0.3) is 0 Å². The third-order valence-corrected chi connectivity index (χ3v) is 7.92. The van der Waals surface area contributed by atoms with Crippen molar-refractivity contribution in [2.75, 3.05) is 17.1 Å². The third-order valence-electron chi connectivity index (χ3n) is 6.26. The molecule has 0 bridgehead atoms. The first-order chi connectivity index (χ1) is 17.0. The minimum absolute atomic E-state index is 0.0352. The number of anilines is 1. The largest absolute Gasteiger partial charge is 0.352 e. The molecule has 2 aromatic carbocycles. The zero-order valence-corrected chi connectivity index (χ0v) is 22.6. The van der Waals surface area contributed by atoms with Gasteiger partial charge < -0.3 is 10.2 Å². The lowest BCUT2D eigenvalue weighted by atomic mass is 9.95. The molecule has 1 N–H and O–H groups in total. The molecular weight excluding hydrogens is 556 g/mol. The van der Waals surface area contributed by atoms with E-state index in [1.807, 2.05) is 0 Å². The Morgan fingerprint density at radius 2 is 1.69 bits per heavy atom. The Labute approximate surface area is 219 Å². The molecule has 0 saturated heterocycles. The van der Waals surface area contributed by atoms with Crippen LogP contribution in [0.5, 0.6) is 0 Å². The Kier molecular flexibility index (Phi) is 9.46. The summed E-state index contributed by atoms with van der Waals surface area (Å²) in [6.45, 7) is 0.972. The molecule has 11 heteroatoms. The van der Waals surface area contributed by atoms with E-state index >= 15 is 0 Å². The summed E-state index contributed by atoms with van der Waals surface area (Å²) in [5, 5.41) is 3.01. The van der Waals surface area contributed by atoms with Crippen molar-refractivity contribution in [2.24, 2.45) is 0 Å². The van der Waals surface area contributed by atoms with Crippen LogP contribution in [0.15, 0.2) is 46.9 Å². The monoisotopic (exact) mass is 585 g/mol. The highest BCUT2D eigenvalue weighted by Crippen LogP contribution is 2.22. The third kappa shape index (κ3) is 7.49. The molecule has 196 valence electrons. The molecule has 1 fully saturated rings. The molecular formula is C25H30BrF2N3O4S. The summed E-state index contributed by atoms with van der Waals surface area (Å²) in [5.74, 6) is -3.35. The Hall–Kier alpha value is -2.53. The number of nitrogens with one attached hydrogen (secondary N) is 1. The smallest absolute Gasteiger partial charge is 0.244 e. The lowest BCUT2D eigenvalue weighted by molar-refractivity contribution is -0.139. The normalized spacial score (nSPS) is 15.2. The highest BCUT2D eigenvalue weighted by atomic mass is 79.9. The van der Waals surface area contributed by atoms with Gasteiger partial charge in [0, 0.05) is 23.1 Å². The van der Waals surface area contributed by atoms with E-state index in [9.17, 15) is 26.8 Å². The Balaban J connectivity index is 1.87.